The highest BCUT2D eigenvalue weighted by Gasteiger charge is 2.04. The van der Waals surface area contributed by atoms with Crippen molar-refractivity contribution in [2.75, 3.05) is 19.7 Å². The lowest BCUT2D eigenvalue weighted by molar-refractivity contribution is 0.312. The summed E-state index contributed by atoms with van der Waals surface area (Å²) in [4.78, 5) is 0. The molecule has 0 heterocycles. The zero-order chi connectivity index (χ0) is 12.0. The van der Waals surface area contributed by atoms with Crippen LogP contribution in [0.2, 0.25) is 0 Å². The third-order valence-corrected chi connectivity index (χ3v) is 2.36. The monoisotopic (exact) mass is 217 g/mol. The largest absolute Gasteiger partial charge is 0.492 e. The van der Waals surface area contributed by atoms with Crippen LogP contribution >= 0.6 is 0 Å². The van der Waals surface area contributed by atoms with E-state index in [0.717, 1.165) is 12.3 Å². The van der Waals surface area contributed by atoms with Crippen molar-refractivity contribution in [3.8, 4) is 18.1 Å². The Labute approximate surface area is 98.0 Å². The summed E-state index contributed by atoms with van der Waals surface area (Å²) in [6, 6.07) is 4.27. The van der Waals surface area contributed by atoms with E-state index in [2.05, 4.69) is 44.1 Å². The van der Waals surface area contributed by atoms with Gasteiger partial charge in [-0.3, -0.25) is 0 Å². The Balaban J connectivity index is 2.51. The van der Waals surface area contributed by atoms with Gasteiger partial charge in [0.2, 0.25) is 0 Å². The number of rotatable bonds is 5. The van der Waals surface area contributed by atoms with Crippen molar-refractivity contribution in [3.63, 3.8) is 0 Å². The molecule has 1 aromatic rings. The Morgan fingerprint density at radius 3 is 2.44 bits per heavy atom. The predicted molar refractivity (Wildman–Crippen MR) is 67.9 cm³/mol. The second-order valence-corrected chi connectivity index (χ2v) is 3.96. The fourth-order valence-electron chi connectivity index (χ4n) is 1.78. The average Bonchev–Trinajstić information content (AvgIpc) is 2.20. The van der Waals surface area contributed by atoms with Gasteiger partial charge in [-0.1, -0.05) is 23.6 Å². The van der Waals surface area contributed by atoms with E-state index in [1.165, 1.54) is 16.7 Å². The second-order valence-electron chi connectivity index (χ2n) is 3.96. The summed E-state index contributed by atoms with van der Waals surface area (Å²) in [5, 5.41) is 3.09. The Morgan fingerprint density at radius 1 is 1.25 bits per heavy atom. The van der Waals surface area contributed by atoms with Crippen LogP contribution in [0.3, 0.4) is 0 Å². The molecule has 0 fully saturated rings. The summed E-state index contributed by atoms with van der Waals surface area (Å²) in [7, 11) is 0. The molecule has 1 rings (SSSR count). The lowest BCUT2D eigenvalue weighted by atomic mass is 10.1. The van der Waals surface area contributed by atoms with Gasteiger partial charge in [-0.2, -0.15) is 0 Å². The zero-order valence-electron chi connectivity index (χ0n) is 10.3. The Bertz CT molecular complexity index is 367. The molecule has 0 aliphatic heterocycles. The van der Waals surface area contributed by atoms with Crippen LogP contribution in [0.15, 0.2) is 12.1 Å². The first-order valence-electron chi connectivity index (χ1n) is 5.50. The Morgan fingerprint density at radius 2 is 1.88 bits per heavy atom. The van der Waals surface area contributed by atoms with Gasteiger partial charge in [-0.05, 0) is 31.9 Å². The first kappa shape index (κ1) is 12.6. The zero-order valence-corrected chi connectivity index (χ0v) is 10.3. The maximum absolute atomic E-state index is 5.74. The fourth-order valence-corrected chi connectivity index (χ4v) is 1.78. The highest BCUT2D eigenvalue weighted by molar-refractivity contribution is 5.42. The highest BCUT2D eigenvalue weighted by Crippen LogP contribution is 2.24. The van der Waals surface area contributed by atoms with Gasteiger partial charge in [0.15, 0.2) is 0 Å². The van der Waals surface area contributed by atoms with Gasteiger partial charge in [0, 0.05) is 6.54 Å². The molecular formula is C14H19NO. The fraction of sp³-hybridized carbons (Fsp3) is 0.429. The quantitative estimate of drug-likeness (QED) is 0.603. The molecule has 86 valence electrons. The molecule has 2 nitrogen and oxygen atoms in total. The molecule has 0 radical (unpaired) electrons. The molecule has 0 unspecified atom stereocenters. The van der Waals surface area contributed by atoms with E-state index in [9.17, 15) is 0 Å². The van der Waals surface area contributed by atoms with Crippen molar-refractivity contribution in [1.29, 1.82) is 0 Å². The molecule has 16 heavy (non-hydrogen) atoms. The summed E-state index contributed by atoms with van der Waals surface area (Å²) < 4.78 is 5.74. The van der Waals surface area contributed by atoms with Crippen LogP contribution in [0.25, 0.3) is 0 Å². The van der Waals surface area contributed by atoms with Crippen molar-refractivity contribution in [3.05, 3.63) is 28.8 Å². The Kier molecular flexibility index (Phi) is 4.88. The molecule has 0 spiro atoms. The number of hydrogen-bond donors (Lipinski definition) is 1. The molecule has 0 saturated heterocycles. The van der Waals surface area contributed by atoms with Gasteiger partial charge in [0.05, 0.1) is 6.54 Å². The number of ether oxygens (including phenoxy) is 1. The molecule has 0 atom stereocenters. The van der Waals surface area contributed by atoms with E-state index >= 15 is 0 Å². The van der Waals surface area contributed by atoms with Gasteiger partial charge in [0.1, 0.15) is 12.4 Å². The van der Waals surface area contributed by atoms with E-state index in [1.54, 1.807) is 0 Å². The minimum atomic E-state index is 0.592. The molecule has 1 N–H and O–H groups in total. The predicted octanol–water partition coefficient (Wildman–Crippen LogP) is 2.21. The summed E-state index contributed by atoms with van der Waals surface area (Å²) in [5.74, 6) is 3.52. The van der Waals surface area contributed by atoms with Gasteiger partial charge in [-0.25, -0.2) is 0 Å². The third-order valence-electron chi connectivity index (χ3n) is 2.36. The van der Waals surface area contributed by atoms with Crippen molar-refractivity contribution < 1.29 is 4.74 Å². The minimum absolute atomic E-state index is 0.592. The van der Waals surface area contributed by atoms with Crippen LogP contribution in [0.5, 0.6) is 5.75 Å². The van der Waals surface area contributed by atoms with Crippen molar-refractivity contribution in [1.82, 2.24) is 5.32 Å². The summed E-state index contributed by atoms with van der Waals surface area (Å²) >= 11 is 0. The second kappa shape index (κ2) is 6.19. The molecule has 0 saturated carbocycles. The third kappa shape index (κ3) is 3.60. The molecule has 0 aliphatic carbocycles. The van der Waals surface area contributed by atoms with Crippen molar-refractivity contribution in [2.24, 2.45) is 0 Å². The van der Waals surface area contributed by atoms with E-state index in [1.807, 2.05) is 0 Å². The molecule has 0 aliphatic rings. The minimum Gasteiger partial charge on any atom is -0.492 e. The number of hydrogen-bond acceptors (Lipinski definition) is 2. The van der Waals surface area contributed by atoms with Crippen LogP contribution in [0.1, 0.15) is 16.7 Å². The first-order valence-corrected chi connectivity index (χ1v) is 5.50. The van der Waals surface area contributed by atoms with Crippen LogP contribution in [-0.2, 0) is 0 Å². The molecule has 1 aromatic carbocycles. The molecule has 0 aromatic heterocycles. The number of benzene rings is 1. The van der Waals surface area contributed by atoms with Gasteiger partial charge in [0.25, 0.3) is 0 Å². The first-order chi connectivity index (χ1) is 7.65. The lowest BCUT2D eigenvalue weighted by Crippen LogP contribution is -2.21. The van der Waals surface area contributed by atoms with Gasteiger partial charge >= 0.3 is 0 Å². The lowest BCUT2D eigenvalue weighted by Gasteiger charge is -2.13. The number of terminal acetylenes is 1. The summed E-state index contributed by atoms with van der Waals surface area (Å²) in [6.45, 7) is 8.26. The summed E-state index contributed by atoms with van der Waals surface area (Å²) in [5.41, 5.74) is 3.65. The maximum Gasteiger partial charge on any atom is 0.125 e. The standard InChI is InChI=1S/C14H19NO/c1-5-6-15-7-8-16-14-12(3)9-11(2)10-13(14)4/h1,9-10,15H,6-8H2,2-4H3. The average molecular weight is 217 g/mol. The van der Waals surface area contributed by atoms with Crippen LogP contribution in [0, 0.1) is 33.1 Å². The molecular weight excluding hydrogens is 198 g/mol. The highest BCUT2D eigenvalue weighted by atomic mass is 16.5. The smallest absolute Gasteiger partial charge is 0.125 e. The van der Waals surface area contributed by atoms with Crippen molar-refractivity contribution >= 4 is 0 Å². The van der Waals surface area contributed by atoms with Gasteiger partial charge in [-0.15, -0.1) is 6.42 Å². The topological polar surface area (TPSA) is 21.3 Å². The van der Waals surface area contributed by atoms with E-state index < -0.39 is 0 Å². The molecule has 2 heteroatoms. The SMILES string of the molecule is C#CCNCCOc1c(C)cc(C)cc1C. The molecule has 0 bridgehead atoms. The molecule has 0 amide bonds. The van der Waals surface area contributed by atoms with Crippen LogP contribution in [0.4, 0.5) is 0 Å². The van der Waals surface area contributed by atoms with E-state index in [0.29, 0.717) is 13.2 Å². The van der Waals surface area contributed by atoms with Crippen LogP contribution in [-0.4, -0.2) is 19.7 Å². The van der Waals surface area contributed by atoms with E-state index in [-0.39, 0.29) is 0 Å². The normalized spacial score (nSPS) is 9.88. The number of aryl methyl sites for hydroxylation is 3. The van der Waals surface area contributed by atoms with Crippen molar-refractivity contribution in [2.45, 2.75) is 20.8 Å². The Hall–Kier alpha value is -1.46. The van der Waals surface area contributed by atoms with Gasteiger partial charge < -0.3 is 10.1 Å². The maximum atomic E-state index is 5.74. The summed E-state index contributed by atoms with van der Waals surface area (Å²) in [6.07, 6.45) is 5.13. The van der Waals surface area contributed by atoms with E-state index in [4.69, 9.17) is 11.2 Å². The number of nitrogens with one attached hydrogen (secondary N) is 1. The van der Waals surface area contributed by atoms with Crippen LogP contribution < -0.4 is 10.1 Å².